The first-order valence-electron chi connectivity index (χ1n) is 25.7. The predicted octanol–water partition coefficient (Wildman–Crippen LogP) is 16.6. The van der Waals surface area contributed by atoms with Crippen LogP contribution in [0.1, 0.15) is 109 Å². The molecule has 1 aromatic heterocycles. The normalized spacial score (nSPS) is 26.6. The number of rotatable bonds is 7. The molecule has 338 valence electrons. The number of hydrogen-bond donors (Lipinski definition) is 0. The summed E-state index contributed by atoms with van der Waals surface area (Å²) < 4.78 is 0. The Labute approximate surface area is 403 Å². The molecule has 3 unspecified atom stereocenters. The van der Waals surface area contributed by atoms with E-state index >= 15 is 0 Å². The first kappa shape index (κ1) is 42.9. The topological polar surface area (TPSA) is 62.5 Å². The van der Waals surface area contributed by atoms with Crippen LogP contribution in [-0.4, -0.2) is 15.0 Å². The lowest BCUT2D eigenvalue weighted by molar-refractivity contribution is 0.0780. The lowest BCUT2D eigenvalue weighted by atomic mass is 9.54. The van der Waals surface area contributed by atoms with E-state index in [-0.39, 0.29) is 10.8 Å². The van der Waals surface area contributed by atoms with Gasteiger partial charge in [-0.2, -0.15) is 5.26 Å². The second kappa shape index (κ2) is 17.0. The zero-order chi connectivity index (χ0) is 46.1. The van der Waals surface area contributed by atoms with Gasteiger partial charge in [0, 0.05) is 16.7 Å². The molecule has 0 spiro atoms. The van der Waals surface area contributed by atoms with Crippen molar-refractivity contribution >= 4 is 21.5 Å². The Bertz CT molecular complexity index is 3230. The molecule has 68 heavy (non-hydrogen) atoms. The van der Waals surface area contributed by atoms with Gasteiger partial charge in [-0.05, 0) is 184 Å². The van der Waals surface area contributed by atoms with Gasteiger partial charge in [-0.25, -0.2) is 15.0 Å². The zero-order valence-electron chi connectivity index (χ0n) is 40.2. The number of nitrogens with zero attached hydrogens (tertiary/aromatic N) is 4. The molecular formula is C64H62N4. The van der Waals surface area contributed by atoms with Crippen molar-refractivity contribution in [2.45, 2.75) is 103 Å². The maximum Gasteiger partial charge on any atom is 0.164 e. The van der Waals surface area contributed by atoms with Gasteiger partial charge < -0.3 is 0 Å². The number of fused-ring (bicyclic) bond motifs is 6. The van der Waals surface area contributed by atoms with Crippen LogP contribution in [0.15, 0.2) is 146 Å². The summed E-state index contributed by atoms with van der Waals surface area (Å²) in [7, 11) is 0. The van der Waals surface area contributed by atoms with Crippen molar-refractivity contribution in [1.29, 1.82) is 5.26 Å². The highest BCUT2D eigenvalue weighted by atomic mass is 15.0. The lowest BCUT2D eigenvalue weighted by Gasteiger charge is -2.51. The number of aromatic nitrogens is 3. The van der Waals surface area contributed by atoms with Gasteiger partial charge in [0.15, 0.2) is 17.5 Å². The maximum atomic E-state index is 9.78. The fraction of sp³-hybridized carbons (Fsp3) is 0.344. The summed E-state index contributed by atoms with van der Waals surface area (Å²) in [6.07, 6.45) is 13.1. The van der Waals surface area contributed by atoms with Crippen LogP contribution in [-0.2, 0) is 10.8 Å². The molecule has 8 aromatic rings. The molecule has 4 bridgehead atoms. The Balaban J connectivity index is 1.02. The van der Waals surface area contributed by atoms with Gasteiger partial charge in [-0.1, -0.05) is 155 Å². The number of nitriles is 1. The molecule has 1 heterocycles. The molecule has 4 heteroatoms. The maximum absolute atomic E-state index is 9.78. The second-order valence-electron chi connectivity index (χ2n) is 22.4. The molecule has 4 aliphatic carbocycles. The Kier molecular flexibility index (Phi) is 10.7. The smallest absolute Gasteiger partial charge is 0.164 e. The van der Waals surface area contributed by atoms with Gasteiger partial charge in [-0.15, -0.1) is 0 Å². The molecule has 0 amide bonds. The fourth-order valence-electron chi connectivity index (χ4n) is 15.2. The number of hydrogen-bond acceptors (Lipinski definition) is 4. The summed E-state index contributed by atoms with van der Waals surface area (Å²) >= 11 is 0. The van der Waals surface area contributed by atoms with E-state index in [0.29, 0.717) is 23.0 Å². The highest BCUT2D eigenvalue weighted by Crippen LogP contribution is 2.57. The van der Waals surface area contributed by atoms with E-state index in [2.05, 4.69) is 161 Å². The van der Waals surface area contributed by atoms with Crippen molar-refractivity contribution in [2.75, 3.05) is 0 Å². The van der Waals surface area contributed by atoms with Crippen LogP contribution >= 0.6 is 0 Å². The van der Waals surface area contributed by atoms with Crippen LogP contribution in [0.3, 0.4) is 0 Å². The summed E-state index contributed by atoms with van der Waals surface area (Å²) in [4.78, 5) is 16.3. The van der Waals surface area contributed by atoms with Crippen molar-refractivity contribution in [1.82, 2.24) is 15.0 Å². The van der Waals surface area contributed by atoms with E-state index in [1.54, 1.807) is 5.56 Å². The van der Waals surface area contributed by atoms with Crippen molar-refractivity contribution in [3.63, 3.8) is 0 Å². The van der Waals surface area contributed by atoms with Gasteiger partial charge in [0.05, 0.1) is 11.6 Å². The quantitative estimate of drug-likeness (QED) is 0.160. The van der Waals surface area contributed by atoms with Crippen LogP contribution in [0, 0.1) is 46.8 Å². The van der Waals surface area contributed by atoms with E-state index in [9.17, 15) is 5.26 Å². The first-order valence-corrected chi connectivity index (χ1v) is 25.7. The molecule has 4 nitrogen and oxygen atoms in total. The molecule has 7 aromatic carbocycles. The summed E-state index contributed by atoms with van der Waals surface area (Å²) in [5.74, 6) is 6.60. The van der Waals surface area contributed by atoms with Crippen LogP contribution < -0.4 is 0 Å². The van der Waals surface area contributed by atoms with E-state index < -0.39 is 0 Å². The average Bonchev–Trinajstić information content (AvgIpc) is 3.34. The van der Waals surface area contributed by atoms with E-state index in [0.717, 1.165) is 79.7 Å². The van der Waals surface area contributed by atoms with Crippen LogP contribution in [0.2, 0.25) is 0 Å². The zero-order valence-corrected chi connectivity index (χ0v) is 40.2. The summed E-state index contributed by atoms with van der Waals surface area (Å²) in [5, 5.41) is 14.6. The number of benzene rings is 7. The van der Waals surface area contributed by atoms with Gasteiger partial charge in [0.25, 0.3) is 0 Å². The van der Waals surface area contributed by atoms with Gasteiger partial charge >= 0.3 is 0 Å². The standard InChI is InChI=1S/C64H62N4/c1-40-28-45-29-41(2)34-63(33-40,37-45)49-22-20-47(21-23-49)60-66-61(68-62(67-60)58-25-24-50(51-14-5-6-16-53(51)58)48-13-11-12-44(32-48)39-65)57-19-10-8-17-54(57)55-26-27-59(56-18-9-7-15-52(55)56)64-35-42(3)30-46(38-64)31-43(4)36-64/h5-27,32,40-43,45-46H,28-31,33-38H2,1-4H3/t40-,41?,42-,43+,45-,46-,63?,64?/m0/s1. The lowest BCUT2D eigenvalue weighted by Crippen LogP contribution is -2.42. The SMILES string of the molecule is CC1C[C@@H]2C[C@H](C)CC(c3ccc(-c4nc(-c5ccccc5-c5ccc(C67C[C@H](C)C[C@H](C[C@H](C)C6)C7)c6ccccc56)nc(-c5ccc(-c6cccc(C#N)c6)c6ccccc56)n4)cc3)(C1)C2. The molecule has 4 saturated carbocycles. The minimum Gasteiger partial charge on any atom is -0.208 e. The van der Waals surface area contributed by atoms with E-state index in [1.807, 2.05) is 18.2 Å². The van der Waals surface area contributed by atoms with Crippen LogP contribution in [0.5, 0.6) is 0 Å². The molecule has 4 aliphatic rings. The Morgan fingerprint density at radius 3 is 1.56 bits per heavy atom. The second-order valence-corrected chi connectivity index (χ2v) is 22.4. The van der Waals surface area contributed by atoms with E-state index in [1.165, 1.54) is 86.1 Å². The predicted molar refractivity (Wildman–Crippen MR) is 280 cm³/mol. The van der Waals surface area contributed by atoms with Gasteiger partial charge in [-0.3, -0.25) is 0 Å². The van der Waals surface area contributed by atoms with Crippen molar-refractivity contribution in [3.8, 4) is 62.5 Å². The fourth-order valence-corrected chi connectivity index (χ4v) is 15.2. The van der Waals surface area contributed by atoms with Gasteiger partial charge in [0.1, 0.15) is 0 Å². The summed E-state index contributed by atoms with van der Waals surface area (Å²) in [5.41, 5.74) is 11.5. The highest BCUT2D eigenvalue weighted by molar-refractivity contribution is 6.05. The molecule has 0 aliphatic heterocycles. The molecule has 0 saturated heterocycles. The minimum absolute atomic E-state index is 0.216. The van der Waals surface area contributed by atoms with Crippen molar-refractivity contribution < 1.29 is 0 Å². The minimum atomic E-state index is 0.216. The van der Waals surface area contributed by atoms with Crippen molar-refractivity contribution in [2.24, 2.45) is 35.5 Å². The largest absolute Gasteiger partial charge is 0.208 e. The van der Waals surface area contributed by atoms with Crippen molar-refractivity contribution in [3.05, 3.63) is 162 Å². The Morgan fingerprint density at radius 1 is 0.412 bits per heavy atom. The van der Waals surface area contributed by atoms with Gasteiger partial charge in [0.2, 0.25) is 0 Å². The monoisotopic (exact) mass is 886 g/mol. The highest BCUT2D eigenvalue weighted by Gasteiger charge is 2.47. The molecule has 12 rings (SSSR count). The molecule has 4 fully saturated rings. The first-order chi connectivity index (χ1) is 33.1. The Hall–Kier alpha value is -6.44. The average molecular weight is 887 g/mol. The van der Waals surface area contributed by atoms with Crippen LogP contribution in [0.25, 0.3) is 78.0 Å². The molecule has 0 radical (unpaired) electrons. The molecule has 8 atom stereocenters. The molecule has 0 N–H and O–H groups in total. The third-order valence-electron chi connectivity index (χ3n) is 17.1. The summed E-state index contributed by atoms with van der Waals surface area (Å²) in [6, 6.07) is 55.2. The Morgan fingerprint density at radius 2 is 0.912 bits per heavy atom. The van der Waals surface area contributed by atoms with E-state index in [4.69, 9.17) is 15.0 Å². The molecular weight excluding hydrogens is 825 g/mol. The van der Waals surface area contributed by atoms with Crippen LogP contribution in [0.4, 0.5) is 0 Å². The third kappa shape index (κ3) is 7.54. The third-order valence-corrected chi connectivity index (χ3v) is 17.1. The summed E-state index contributed by atoms with van der Waals surface area (Å²) in [6.45, 7) is 9.91.